The topological polar surface area (TPSA) is 84.9 Å². The standard InChI is InChI=1S/C20H25ClN2O5S/c1-13-10-16(21)7-8-17(13)23(29(5,25)26)12-20(24)22-14(2)15-6-9-18(27-3)19(11-15)28-4/h6-11,14H,12H2,1-5H3,(H,22,24)/t14-/m1/s1. The number of aryl methyl sites for hydroxylation is 1. The molecule has 158 valence electrons. The number of hydrogen-bond donors (Lipinski definition) is 1. The molecule has 0 spiro atoms. The van der Waals surface area contributed by atoms with Gasteiger partial charge in [-0.3, -0.25) is 9.10 Å². The Morgan fingerprint density at radius 2 is 1.79 bits per heavy atom. The summed E-state index contributed by atoms with van der Waals surface area (Å²) in [5, 5.41) is 3.31. The predicted octanol–water partition coefficient (Wildman–Crippen LogP) is 3.31. The van der Waals surface area contributed by atoms with Crippen LogP contribution >= 0.6 is 11.6 Å². The molecule has 0 aliphatic carbocycles. The fourth-order valence-corrected chi connectivity index (χ4v) is 4.04. The highest BCUT2D eigenvalue weighted by molar-refractivity contribution is 7.92. The number of anilines is 1. The van der Waals surface area contributed by atoms with Crippen LogP contribution in [0.1, 0.15) is 24.1 Å². The molecule has 0 aliphatic rings. The number of benzene rings is 2. The first-order chi connectivity index (χ1) is 13.6. The van der Waals surface area contributed by atoms with E-state index in [-0.39, 0.29) is 12.6 Å². The summed E-state index contributed by atoms with van der Waals surface area (Å²) in [6, 6.07) is 9.78. The SMILES string of the molecule is COc1ccc([C@@H](C)NC(=O)CN(c2ccc(Cl)cc2C)S(C)(=O)=O)cc1OC. The Bertz CT molecular complexity index is 994. The Labute approximate surface area is 176 Å². The first-order valence-corrected chi connectivity index (χ1v) is 11.0. The van der Waals surface area contributed by atoms with Gasteiger partial charge in [-0.1, -0.05) is 17.7 Å². The number of nitrogens with one attached hydrogen (secondary N) is 1. The molecule has 1 atom stereocenters. The Balaban J connectivity index is 2.20. The fourth-order valence-electron chi connectivity index (χ4n) is 2.90. The van der Waals surface area contributed by atoms with Gasteiger partial charge in [-0.2, -0.15) is 0 Å². The van der Waals surface area contributed by atoms with Gasteiger partial charge in [-0.25, -0.2) is 8.42 Å². The molecule has 0 heterocycles. The van der Waals surface area contributed by atoms with Crippen molar-refractivity contribution in [2.45, 2.75) is 19.9 Å². The molecule has 0 aromatic heterocycles. The zero-order valence-electron chi connectivity index (χ0n) is 17.0. The van der Waals surface area contributed by atoms with Crippen molar-refractivity contribution in [1.82, 2.24) is 5.32 Å². The van der Waals surface area contributed by atoms with Gasteiger partial charge in [0.15, 0.2) is 11.5 Å². The zero-order chi connectivity index (χ0) is 21.8. The van der Waals surface area contributed by atoms with Gasteiger partial charge in [-0.15, -0.1) is 0 Å². The number of ether oxygens (including phenoxy) is 2. The van der Waals surface area contributed by atoms with Crippen LogP contribution < -0.4 is 19.1 Å². The number of methoxy groups -OCH3 is 2. The second kappa shape index (κ2) is 9.37. The number of amides is 1. The third-order valence-electron chi connectivity index (χ3n) is 4.40. The summed E-state index contributed by atoms with van der Waals surface area (Å²) in [6.07, 6.45) is 1.06. The maximum atomic E-state index is 12.6. The Hall–Kier alpha value is -2.45. The highest BCUT2D eigenvalue weighted by atomic mass is 35.5. The summed E-state index contributed by atoms with van der Waals surface area (Å²) in [5.41, 5.74) is 1.86. The van der Waals surface area contributed by atoms with Gasteiger partial charge in [0.05, 0.1) is 32.2 Å². The number of rotatable bonds is 8. The van der Waals surface area contributed by atoms with Gasteiger partial charge in [0.1, 0.15) is 6.54 Å². The third kappa shape index (κ3) is 5.77. The van der Waals surface area contributed by atoms with Gasteiger partial charge >= 0.3 is 0 Å². The van der Waals surface area contributed by atoms with E-state index in [1.54, 1.807) is 51.3 Å². The van der Waals surface area contributed by atoms with E-state index >= 15 is 0 Å². The minimum Gasteiger partial charge on any atom is -0.493 e. The molecule has 7 nitrogen and oxygen atoms in total. The van der Waals surface area contributed by atoms with Crippen LogP contribution in [-0.2, 0) is 14.8 Å². The summed E-state index contributed by atoms with van der Waals surface area (Å²) in [6.45, 7) is 3.19. The summed E-state index contributed by atoms with van der Waals surface area (Å²) in [7, 11) is -0.602. The lowest BCUT2D eigenvalue weighted by atomic mass is 10.1. The lowest BCUT2D eigenvalue weighted by Gasteiger charge is -2.25. The Morgan fingerprint density at radius 3 is 2.34 bits per heavy atom. The molecule has 2 aromatic carbocycles. The van der Waals surface area contributed by atoms with E-state index < -0.39 is 15.9 Å². The van der Waals surface area contributed by atoms with Crippen molar-refractivity contribution in [1.29, 1.82) is 0 Å². The van der Waals surface area contributed by atoms with Crippen LogP contribution in [0.15, 0.2) is 36.4 Å². The number of carbonyl (C=O) groups is 1. The van der Waals surface area contributed by atoms with Gasteiger partial charge in [-0.05, 0) is 55.3 Å². The molecule has 2 rings (SSSR count). The molecule has 0 unspecified atom stereocenters. The molecule has 0 saturated heterocycles. The maximum Gasteiger partial charge on any atom is 0.241 e. The molecular weight excluding hydrogens is 416 g/mol. The molecule has 29 heavy (non-hydrogen) atoms. The van der Waals surface area contributed by atoms with Gasteiger partial charge in [0.25, 0.3) is 0 Å². The molecule has 0 aliphatic heterocycles. The Kier molecular flexibility index (Phi) is 7.37. The zero-order valence-corrected chi connectivity index (χ0v) is 18.6. The van der Waals surface area contributed by atoms with E-state index in [2.05, 4.69) is 5.32 Å². The molecular formula is C20H25ClN2O5S. The number of halogens is 1. The van der Waals surface area contributed by atoms with Crippen molar-refractivity contribution in [3.63, 3.8) is 0 Å². The van der Waals surface area contributed by atoms with Gasteiger partial charge < -0.3 is 14.8 Å². The van der Waals surface area contributed by atoms with E-state index in [9.17, 15) is 13.2 Å². The Morgan fingerprint density at radius 1 is 1.14 bits per heavy atom. The minimum atomic E-state index is -3.68. The lowest BCUT2D eigenvalue weighted by Crippen LogP contribution is -2.41. The molecule has 9 heteroatoms. The van der Waals surface area contributed by atoms with Gasteiger partial charge in [0.2, 0.25) is 15.9 Å². The minimum absolute atomic E-state index is 0.348. The van der Waals surface area contributed by atoms with Crippen molar-refractivity contribution in [2.75, 3.05) is 31.3 Å². The van der Waals surface area contributed by atoms with Crippen LogP contribution in [0.25, 0.3) is 0 Å². The molecule has 1 amide bonds. The number of sulfonamides is 1. The summed E-state index contributed by atoms with van der Waals surface area (Å²) < 4.78 is 36.2. The quantitative estimate of drug-likeness (QED) is 0.680. The average Bonchev–Trinajstić information content (AvgIpc) is 2.65. The van der Waals surface area contributed by atoms with E-state index in [0.717, 1.165) is 16.1 Å². The summed E-state index contributed by atoms with van der Waals surface area (Å²) in [4.78, 5) is 12.6. The fraction of sp³-hybridized carbons (Fsp3) is 0.350. The molecule has 0 saturated carbocycles. The average molecular weight is 441 g/mol. The predicted molar refractivity (Wildman–Crippen MR) is 114 cm³/mol. The van der Waals surface area contributed by atoms with E-state index in [4.69, 9.17) is 21.1 Å². The van der Waals surface area contributed by atoms with Crippen LogP contribution in [0.2, 0.25) is 5.02 Å². The van der Waals surface area contributed by atoms with E-state index in [1.807, 2.05) is 6.07 Å². The molecule has 0 bridgehead atoms. The van der Waals surface area contributed by atoms with Crippen molar-refractivity contribution < 1.29 is 22.7 Å². The van der Waals surface area contributed by atoms with Gasteiger partial charge in [0, 0.05) is 5.02 Å². The van der Waals surface area contributed by atoms with Crippen molar-refractivity contribution in [3.05, 3.63) is 52.5 Å². The maximum absolute atomic E-state index is 12.6. The van der Waals surface area contributed by atoms with E-state index in [1.165, 1.54) is 7.11 Å². The van der Waals surface area contributed by atoms with Crippen LogP contribution in [0, 0.1) is 6.92 Å². The second-order valence-corrected chi connectivity index (χ2v) is 8.95. The first kappa shape index (κ1) is 22.8. The first-order valence-electron chi connectivity index (χ1n) is 8.82. The molecule has 0 radical (unpaired) electrons. The normalized spacial score (nSPS) is 12.2. The summed E-state index contributed by atoms with van der Waals surface area (Å²) in [5.74, 6) is 0.684. The van der Waals surface area contributed by atoms with Crippen molar-refractivity contribution in [2.24, 2.45) is 0 Å². The monoisotopic (exact) mass is 440 g/mol. The summed E-state index contributed by atoms with van der Waals surface area (Å²) >= 11 is 5.96. The largest absolute Gasteiger partial charge is 0.493 e. The van der Waals surface area contributed by atoms with Crippen LogP contribution in [0.5, 0.6) is 11.5 Å². The molecule has 0 fully saturated rings. The highest BCUT2D eigenvalue weighted by Gasteiger charge is 2.23. The van der Waals surface area contributed by atoms with Crippen molar-refractivity contribution >= 4 is 33.2 Å². The molecule has 2 aromatic rings. The smallest absolute Gasteiger partial charge is 0.241 e. The second-order valence-electron chi connectivity index (χ2n) is 6.60. The molecule has 1 N–H and O–H groups in total. The van der Waals surface area contributed by atoms with E-state index in [0.29, 0.717) is 27.8 Å². The number of hydrogen-bond acceptors (Lipinski definition) is 5. The van der Waals surface area contributed by atoms with Crippen molar-refractivity contribution in [3.8, 4) is 11.5 Å². The number of nitrogens with zero attached hydrogens (tertiary/aromatic N) is 1. The third-order valence-corrected chi connectivity index (χ3v) is 5.76. The van der Waals surface area contributed by atoms with Crippen LogP contribution in [0.3, 0.4) is 0 Å². The highest BCUT2D eigenvalue weighted by Crippen LogP contribution is 2.30. The number of carbonyl (C=O) groups excluding carboxylic acids is 1. The lowest BCUT2D eigenvalue weighted by molar-refractivity contribution is -0.120. The van der Waals surface area contributed by atoms with Crippen LogP contribution in [-0.4, -0.2) is 41.3 Å². The van der Waals surface area contributed by atoms with Crippen LogP contribution in [0.4, 0.5) is 5.69 Å².